The molecule has 0 unspecified atom stereocenters. The van der Waals surface area contributed by atoms with Crippen LogP contribution in [0.3, 0.4) is 0 Å². The van der Waals surface area contributed by atoms with E-state index in [-0.39, 0.29) is 0 Å². The number of piperidine rings is 1. The summed E-state index contributed by atoms with van der Waals surface area (Å²) in [6.07, 6.45) is 11.1. The maximum Gasteiger partial charge on any atom is 0.115 e. The molecule has 2 heteroatoms. The Labute approximate surface area is 184 Å². The van der Waals surface area contributed by atoms with Gasteiger partial charge in [-0.05, 0) is 58.4 Å². The van der Waals surface area contributed by atoms with E-state index in [9.17, 15) is 5.11 Å². The van der Waals surface area contributed by atoms with Crippen LogP contribution in [0.2, 0.25) is 0 Å². The van der Waals surface area contributed by atoms with Crippen LogP contribution < -0.4 is 0 Å². The first kappa shape index (κ1) is 19.6. The van der Waals surface area contributed by atoms with Crippen molar-refractivity contribution in [3.05, 3.63) is 112 Å². The Morgan fingerprint density at radius 3 is 1.94 bits per heavy atom. The minimum Gasteiger partial charge on any atom is -0.508 e. The van der Waals surface area contributed by atoms with Gasteiger partial charge in [0.2, 0.25) is 0 Å². The van der Waals surface area contributed by atoms with Gasteiger partial charge in [-0.3, -0.25) is 4.90 Å². The van der Waals surface area contributed by atoms with E-state index < -0.39 is 0 Å². The normalized spacial score (nSPS) is 16.3. The number of hydrogen-bond acceptors (Lipinski definition) is 2. The topological polar surface area (TPSA) is 23.5 Å². The fourth-order valence-corrected chi connectivity index (χ4v) is 4.62. The Hall–Kier alpha value is -3.36. The molecular formula is C29H27NO. The highest BCUT2D eigenvalue weighted by Crippen LogP contribution is 2.38. The average molecular weight is 406 g/mol. The number of likely N-dealkylation sites (tertiary alicyclic amines) is 1. The van der Waals surface area contributed by atoms with Gasteiger partial charge in [0.05, 0.1) is 0 Å². The highest BCUT2D eigenvalue weighted by molar-refractivity contribution is 5.94. The first-order valence-electron chi connectivity index (χ1n) is 11.0. The summed E-state index contributed by atoms with van der Waals surface area (Å²) in [6.45, 7) is 3.12. The number of fused-ring (bicyclic) bond motifs is 2. The number of benzene rings is 3. The molecule has 31 heavy (non-hydrogen) atoms. The van der Waals surface area contributed by atoms with E-state index >= 15 is 0 Å². The maximum atomic E-state index is 9.42. The SMILES string of the molecule is Oc1ccc(C=CCN2CCC(=C3c4ccccc4C=Cc4ccccc43)CC2)cc1. The van der Waals surface area contributed by atoms with E-state index in [1.54, 1.807) is 17.7 Å². The van der Waals surface area contributed by atoms with E-state index in [0.717, 1.165) is 38.0 Å². The van der Waals surface area contributed by atoms with E-state index in [0.29, 0.717) is 5.75 Å². The molecule has 0 atom stereocenters. The number of nitrogens with zero attached hydrogens (tertiary/aromatic N) is 1. The molecule has 1 aliphatic carbocycles. The fourth-order valence-electron chi connectivity index (χ4n) is 4.62. The number of phenols is 1. The second kappa shape index (κ2) is 8.79. The van der Waals surface area contributed by atoms with Crippen LogP contribution in [0.15, 0.2) is 84.4 Å². The van der Waals surface area contributed by atoms with Crippen molar-refractivity contribution in [1.29, 1.82) is 0 Å². The van der Waals surface area contributed by atoms with E-state index in [2.05, 4.69) is 77.7 Å². The van der Waals surface area contributed by atoms with E-state index in [1.807, 2.05) is 12.1 Å². The van der Waals surface area contributed by atoms with Crippen LogP contribution in [0, 0.1) is 0 Å². The first-order chi connectivity index (χ1) is 15.3. The Balaban J connectivity index is 1.36. The molecule has 0 amide bonds. The zero-order valence-corrected chi connectivity index (χ0v) is 17.7. The smallest absolute Gasteiger partial charge is 0.115 e. The van der Waals surface area contributed by atoms with Gasteiger partial charge in [-0.2, -0.15) is 0 Å². The van der Waals surface area contributed by atoms with Gasteiger partial charge in [-0.25, -0.2) is 0 Å². The van der Waals surface area contributed by atoms with Gasteiger partial charge >= 0.3 is 0 Å². The number of aromatic hydroxyl groups is 1. The van der Waals surface area contributed by atoms with Crippen LogP contribution in [0.25, 0.3) is 23.8 Å². The predicted molar refractivity (Wildman–Crippen MR) is 131 cm³/mol. The molecule has 0 radical (unpaired) electrons. The number of rotatable bonds is 3. The molecule has 3 aromatic carbocycles. The Bertz CT molecular complexity index is 1110. The van der Waals surface area contributed by atoms with Crippen molar-refractivity contribution >= 4 is 23.8 Å². The highest BCUT2D eigenvalue weighted by Gasteiger charge is 2.21. The van der Waals surface area contributed by atoms with Crippen molar-refractivity contribution in [2.24, 2.45) is 0 Å². The van der Waals surface area contributed by atoms with Gasteiger partial charge in [0.25, 0.3) is 0 Å². The van der Waals surface area contributed by atoms with Crippen LogP contribution in [-0.2, 0) is 0 Å². The van der Waals surface area contributed by atoms with Crippen LogP contribution in [0.5, 0.6) is 5.75 Å². The monoisotopic (exact) mass is 405 g/mol. The van der Waals surface area contributed by atoms with Crippen LogP contribution in [0.1, 0.15) is 40.7 Å². The van der Waals surface area contributed by atoms with Crippen LogP contribution in [-0.4, -0.2) is 29.6 Å². The maximum absolute atomic E-state index is 9.42. The minimum atomic E-state index is 0.311. The zero-order chi connectivity index (χ0) is 21.0. The molecule has 1 N–H and O–H groups in total. The molecule has 1 aliphatic heterocycles. The molecule has 154 valence electrons. The molecule has 1 fully saturated rings. The summed E-state index contributed by atoms with van der Waals surface area (Å²) in [5.41, 5.74) is 9.47. The molecule has 0 bridgehead atoms. The fraction of sp³-hybridized carbons (Fsp3) is 0.172. The molecule has 3 aromatic rings. The molecule has 2 nitrogen and oxygen atoms in total. The van der Waals surface area contributed by atoms with Crippen molar-refractivity contribution in [1.82, 2.24) is 4.90 Å². The zero-order valence-electron chi connectivity index (χ0n) is 17.7. The second-order valence-corrected chi connectivity index (χ2v) is 8.28. The third kappa shape index (κ3) is 4.26. The third-order valence-electron chi connectivity index (χ3n) is 6.28. The van der Waals surface area contributed by atoms with Gasteiger partial charge in [-0.15, -0.1) is 0 Å². The predicted octanol–water partition coefficient (Wildman–Crippen LogP) is 6.49. The molecule has 5 rings (SSSR count). The quantitative estimate of drug-likeness (QED) is 0.421. The molecule has 2 aliphatic rings. The van der Waals surface area contributed by atoms with Gasteiger partial charge in [0.15, 0.2) is 0 Å². The summed E-state index contributed by atoms with van der Waals surface area (Å²) < 4.78 is 0. The average Bonchev–Trinajstić information content (AvgIpc) is 2.98. The van der Waals surface area contributed by atoms with Gasteiger partial charge < -0.3 is 5.11 Å². The van der Waals surface area contributed by atoms with Gasteiger partial charge in [0, 0.05) is 19.6 Å². The van der Waals surface area contributed by atoms with E-state index in [4.69, 9.17) is 0 Å². The Morgan fingerprint density at radius 2 is 1.32 bits per heavy atom. The second-order valence-electron chi connectivity index (χ2n) is 8.28. The molecule has 0 spiro atoms. The standard InChI is InChI=1S/C29H27NO/c31-26-15-11-22(12-16-26)6-5-19-30-20-17-25(18-21-30)29-27-9-3-1-7-23(27)13-14-24-8-2-4-10-28(24)29/h1-16,31H,17-21H2. The lowest BCUT2D eigenvalue weighted by Crippen LogP contribution is -2.31. The lowest BCUT2D eigenvalue weighted by atomic mass is 9.86. The molecule has 1 saturated heterocycles. The summed E-state index contributed by atoms with van der Waals surface area (Å²) in [4.78, 5) is 2.52. The van der Waals surface area contributed by atoms with Crippen molar-refractivity contribution in [3.8, 4) is 5.75 Å². The Kier molecular flexibility index (Phi) is 5.56. The van der Waals surface area contributed by atoms with Crippen molar-refractivity contribution in [3.63, 3.8) is 0 Å². The summed E-state index contributed by atoms with van der Waals surface area (Å²) in [7, 11) is 0. The molecule has 0 saturated carbocycles. The van der Waals surface area contributed by atoms with Crippen molar-refractivity contribution < 1.29 is 5.11 Å². The lowest BCUT2D eigenvalue weighted by molar-refractivity contribution is 0.284. The first-order valence-corrected chi connectivity index (χ1v) is 11.0. The largest absolute Gasteiger partial charge is 0.508 e. The summed E-state index contributed by atoms with van der Waals surface area (Å²) in [5, 5.41) is 9.42. The summed E-state index contributed by atoms with van der Waals surface area (Å²) in [5.74, 6) is 0.311. The number of phenolic OH excluding ortho intramolecular Hbond substituents is 1. The summed E-state index contributed by atoms with van der Waals surface area (Å²) in [6, 6.07) is 24.9. The van der Waals surface area contributed by atoms with Crippen molar-refractivity contribution in [2.75, 3.05) is 19.6 Å². The molecular weight excluding hydrogens is 378 g/mol. The van der Waals surface area contributed by atoms with Gasteiger partial charge in [-0.1, -0.05) is 90.5 Å². The highest BCUT2D eigenvalue weighted by atomic mass is 16.3. The van der Waals surface area contributed by atoms with Crippen LogP contribution >= 0.6 is 0 Å². The lowest BCUT2D eigenvalue weighted by Gasteiger charge is -2.29. The minimum absolute atomic E-state index is 0.311. The third-order valence-corrected chi connectivity index (χ3v) is 6.28. The van der Waals surface area contributed by atoms with E-state index in [1.165, 1.54) is 27.8 Å². The molecule has 0 aromatic heterocycles. The summed E-state index contributed by atoms with van der Waals surface area (Å²) >= 11 is 0. The van der Waals surface area contributed by atoms with Gasteiger partial charge in [0.1, 0.15) is 5.75 Å². The molecule has 1 heterocycles. The Morgan fingerprint density at radius 1 is 0.742 bits per heavy atom. The van der Waals surface area contributed by atoms with Crippen molar-refractivity contribution in [2.45, 2.75) is 12.8 Å². The number of hydrogen-bond donors (Lipinski definition) is 1. The van der Waals surface area contributed by atoms with Crippen LogP contribution in [0.4, 0.5) is 0 Å².